The lowest BCUT2D eigenvalue weighted by molar-refractivity contribution is 0.484. The molecule has 1 aromatic carbocycles. The van der Waals surface area contributed by atoms with E-state index in [1.807, 2.05) is 30.8 Å². The summed E-state index contributed by atoms with van der Waals surface area (Å²) in [4.78, 5) is 4.34. The van der Waals surface area contributed by atoms with Gasteiger partial charge in [0.25, 0.3) is 0 Å². The fourth-order valence-corrected chi connectivity index (χ4v) is 2.32. The van der Waals surface area contributed by atoms with Gasteiger partial charge >= 0.3 is 0 Å². The third-order valence-electron chi connectivity index (χ3n) is 3.48. The van der Waals surface area contributed by atoms with E-state index in [9.17, 15) is 4.39 Å². The molecule has 3 nitrogen and oxygen atoms in total. The SMILES string of the molecule is CCCNC(Cc1nccn1C)c1cc(C)ccc1F. The highest BCUT2D eigenvalue weighted by molar-refractivity contribution is 5.27. The van der Waals surface area contributed by atoms with Crippen LogP contribution in [-0.2, 0) is 13.5 Å². The number of aromatic nitrogens is 2. The predicted octanol–water partition coefficient (Wildman–Crippen LogP) is 3.15. The van der Waals surface area contributed by atoms with Gasteiger partial charge in [-0.05, 0) is 26.0 Å². The summed E-state index contributed by atoms with van der Waals surface area (Å²) in [5, 5.41) is 3.43. The molecular weight excluding hydrogens is 253 g/mol. The zero-order valence-corrected chi connectivity index (χ0v) is 12.4. The molecule has 108 valence electrons. The van der Waals surface area contributed by atoms with E-state index in [0.717, 1.165) is 29.9 Å². The summed E-state index contributed by atoms with van der Waals surface area (Å²) in [7, 11) is 1.96. The molecule has 1 atom stereocenters. The molecule has 1 heterocycles. The van der Waals surface area contributed by atoms with Crippen molar-refractivity contribution in [2.45, 2.75) is 32.7 Å². The fraction of sp³-hybridized carbons (Fsp3) is 0.438. The summed E-state index contributed by atoms with van der Waals surface area (Å²) >= 11 is 0. The van der Waals surface area contributed by atoms with E-state index >= 15 is 0 Å². The quantitative estimate of drug-likeness (QED) is 0.877. The van der Waals surface area contributed by atoms with E-state index in [1.54, 1.807) is 18.3 Å². The molecule has 0 radical (unpaired) electrons. The number of imidazole rings is 1. The topological polar surface area (TPSA) is 29.9 Å². The Hall–Kier alpha value is -1.68. The van der Waals surface area contributed by atoms with Crippen molar-refractivity contribution in [1.82, 2.24) is 14.9 Å². The van der Waals surface area contributed by atoms with E-state index < -0.39 is 0 Å². The van der Waals surface area contributed by atoms with Crippen molar-refractivity contribution in [3.63, 3.8) is 0 Å². The lowest BCUT2D eigenvalue weighted by Crippen LogP contribution is -2.26. The number of hydrogen-bond acceptors (Lipinski definition) is 2. The van der Waals surface area contributed by atoms with Gasteiger partial charge in [-0.15, -0.1) is 0 Å². The van der Waals surface area contributed by atoms with E-state index in [2.05, 4.69) is 17.2 Å². The third kappa shape index (κ3) is 3.45. The van der Waals surface area contributed by atoms with E-state index in [-0.39, 0.29) is 11.9 Å². The summed E-state index contributed by atoms with van der Waals surface area (Å²) in [6.45, 7) is 4.96. The van der Waals surface area contributed by atoms with Crippen molar-refractivity contribution in [1.29, 1.82) is 0 Å². The summed E-state index contributed by atoms with van der Waals surface area (Å²) in [6, 6.07) is 5.22. The second-order valence-corrected chi connectivity index (χ2v) is 5.19. The molecule has 0 amide bonds. The van der Waals surface area contributed by atoms with Gasteiger partial charge in [-0.2, -0.15) is 0 Å². The van der Waals surface area contributed by atoms with Gasteiger partial charge in [0.15, 0.2) is 0 Å². The zero-order chi connectivity index (χ0) is 14.5. The van der Waals surface area contributed by atoms with Gasteiger partial charge in [-0.3, -0.25) is 0 Å². The van der Waals surface area contributed by atoms with Crippen molar-refractivity contribution in [3.05, 3.63) is 53.4 Å². The van der Waals surface area contributed by atoms with Crippen LogP contribution in [0.25, 0.3) is 0 Å². The first kappa shape index (κ1) is 14.7. The Morgan fingerprint density at radius 2 is 2.20 bits per heavy atom. The van der Waals surface area contributed by atoms with Gasteiger partial charge in [0, 0.05) is 37.5 Å². The Kier molecular flexibility index (Phi) is 4.90. The molecule has 1 unspecified atom stereocenters. The van der Waals surface area contributed by atoms with Gasteiger partial charge in [0.1, 0.15) is 11.6 Å². The lowest BCUT2D eigenvalue weighted by Gasteiger charge is -2.20. The van der Waals surface area contributed by atoms with Crippen molar-refractivity contribution < 1.29 is 4.39 Å². The van der Waals surface area contributed by atoms with Gasteiger partial charge in [0.05, 0.1) is 0 Å². The molecule has 4 heteroatoms. The Labute approximate surface area is 119 Å². The molecule has 0 saturated heterocycles. The van der Waals surface area contributed by atoms with E-state index in [0.29, 0.717) is 6.42 Å². The van der Waals surface area contributed by atoms with Crippen molar-refractivity contribution in [3.8, 4) is 0 Å². The minimum atomic E-state index is -0.154. The minimum Gasteiger partial charge on any atom is -0.338 e. The monoisotopic (exact) mass is 275 g/mol. The van der Waals surface area contributed by atoms with Crippen molar-refractivity contribution in [2.24, 2.45) is 7.05 Å². The molecule has 0 aliphatic heterocycles. The van der Waals surface area contributed by atoms with Crippen LogP contribution in [0, 0.1) is 12.7 Å². The number of halogens is 1. The number of nitrogens with zero attached hydrogens (tertiary/aromatic N) is 2. The Morgan fingerprint density at radius 1 is 1.40 bits per heavy atom. The highest BCUT2D eigenvalue weighted by Crippen LogP contribution is 2.22. The molecule has 1 N–H and O–H groups in total. The number of rotatable bonds is 6. The zero-order valence-electron chi connectivity index (χ0n) is 12.4. The molecule has 2 rings (SSSR count). The number of benzene rings is 1. The van der Waals surface area contributed by atoms with Crippen molar-refractivity contribution in [2.75, 3.05) is 6.54 Å². The van der Waals surface area contributed by atoms with Crippen LogP contribution in [0.3, 0.4) is 0 Å². The predicted molar refractivity (Wildman–Crippen MR) is 79.1 cm³/mol. The molecule has 1 aromatic heterocycles. The average molecular weight is 275 g/mol. The number of nitrogens with one attached hydrogen (secondary N) is 1. The standard InChI is InChI=1S/C16H22FN3/c1-4-7-18-15(11-16-19-8-9-20(16)3)13-10-12(2)5-6-14(13)17/h5-6,8-10,15,18H,4,7,11H2,1-3H3. The average Bonchev–Trinajstić information content (AvgIpc) is 2.83. The first-order valence-electron chi connectivity index (χ1n) is 7.07. The third-order valence-corrected chi connectivity index (χ3v) is 3.48. The maximum Gasteiger partial charge on any atom is 0.128 e. The molecule has 0 aliphatic carbocycles. The normalized spacial score (nSPS) is 12.6. The van der Waals surface area contributed by atoms with Gasteiger partial charge in [0.2, 0.25) is 0 Å². The first-order chi connectivity index (χ1) is 9.61. The fourth-order valence-electron chi connectivity index (χ4n) is 2.32. The summed E-state index contributed by atoms with van der Waals surface area (Å²) < 4.78 is 16.1. The van der Waals surface area contributed by atoms with Crippen LogP contribution < -0.4 is 5.32 Å². The number of aryl methyl sites for hydroxylation is 2. The van der Waals surface area contributed by atoms with Gasteiger partial charge in [-0.25, -0.2) is 9.37 Å². The summed E-state index contributed by atoms with van der Waals surface area (Å²) in [5.74, 6) is 0.804. The lowest BCUT2D eigenvalue weighted by atomic mass is 10.0. The molecule has 20 heavy (non-hydrogen) atoms. The van der Waals surface area contributed by atoms with Crippen LogP contribution in [0.1, 0.15) is 36.3 Å². The van der Waals surface area contributed by atoms with Crippen LogP contribution in [0.2, 0.25) is 0 Å². The summed E-state index contributed by atoms with van der Waals surface area (Å²) in [6.07, 6.45) is 5.39. The van der Waals surface area contributed by atoms with Crippen LogP contribution >= 0.6 is 0 Å². The minimum absolute atomic E-state index is 0.0454. The highest BCUT2D eigenvalue weighted by Gasteiger charge is 2.17. The van der Waals surface area contributed by atoms with E-state index in [4.69, 9.17) is 0 Å². The molecule has 0 spiro atoms. The first-order valence-corrected chi connectivity index (χ1v) is 7.07. The maximum atomic E-state index is 14.1. The second-order valence-electron chi connectivity index (χ2n) is 5.19. The molecule has 0 saturated carbocycles. The Bertz CT molecular complexity index is 563. The highest BCUT2D eigenvalue weighted by atomic mass is 19.1. The van der Waals surface area contributed by atoms with Crippen LogP contribution in [0.4, 0.5) is 4.39 Å². The van der Waals surface area contributed by atoms with Gasteiger partial charge in [-0.1, -0.05) is 24.6 Å². The number of hydrogen-bond donors (Lipinski definition) is 1. The molecule has 0 bridgehead atoms. The van der Waals surface area contributed by atoms with E-state index in [1.165, 1.54) is 0 Å². The van der Waals surface area contributed by atoms with Crippen LogP contribution in [0.5, 0.6) is 0 Å². The maximum absolute atomic E-state index is 14.1. The Morgan fingerprint density at radius 3 is 2.85 bits per heavy atom. The van der Waals surface area contributed by atoms with Crippen LogP contribution in [-0.4, -0.2) is 16.1 Å². The van der Waals surface area contributed by atoms with Gasteiger partial charge < -0.3 is 9.88 Å². The van der Waals surface area contributed by atoms with Crippen LogP contribution in [0.15, 0.2) is 30.6 Å². The largest absolute Gasteiger partial charge is 0.338 e. The molecule has 2 aromatic rings. The summed E-state index contributed by atoms with van der Waals surface area (Å²) in [5.41, 5.74) is 1.80. The molecule has 0 fully saturated rings. The molecular formula is C16H22FN3. The second kappa shape index (κ2) is 6.66. The molecule has 0 aliphatic rings. The van der Waals surface area contributed by atoms with Crippen molar-refractivity contribution >= 4 is 0 Å². The smallest absolute Gasteiger partial charge is 0.128 e. The Balaban J connectivity index is 2.27.